The van der Waals surface area contributed by atoms with Crippen molar-refractivity contribution in [1.82, 2.24) is 14.4 Å². The quantitative estimate of drug-likeness (QED) is 0.712. The van der Waals surface area contributed by atoms with Gasteiger partial charge in [0.05, 0.1) is 6.67 Å². The first-order valence-corrected chi connectivity index (χ1v) is 9.46. The van der Waals surface area contributed by atoms with E-state index in [4.69, 9.17) is 16.3 Å². The van der Waals surface area contributed by atoms with E-state index in [1.165, 1.54) is 0 Å². The Balaban J connectivity index is 1.40. The summed E-state index contributed by atoms with van der Waals surface area (Å²) in [5.74, 6) is 0.845. The van der Waals surface area contributed by atoms with Gasteiger partial charge in [-0.1, -0.05) is 11.6 Å². The second-order valence-corrected chi connectivity index (χ2v) is 7.41. The number of nitrogens with zero attached hydrogens (tertiary/aromatic N) is 3. The molecule has 0 saturated carbocycles. The van der Waals surface area contributed by atoms with Crippen molar-refractivity contribution in [2.45, 2.75) is 6.67 Å². The molecule has 0 N–H and O–H groups in total. The molecule has 3 rings (SSSR count). The predicted octanol–water partition coefficient (Wildman–Crippen LogP) is 2.92. The molecule has 0 aliphatic carbocycles. The molecule has 0 radical (unpaired) electrons. The molecule has 2 aromatic rings. The summed E-state index contributed by atoms with van der Waals surface area (Å²) in [7, 11) is 0. The van der Waals surface area contributed by atoms with E-state index < -0.39 is 0 Å². The summed E-state index contributed by atoms with van der Waals surface area (Å²) >= 11 is 9.28. The molecule has 1 saturated heterocycles. The molecule has 1 aromatic carbocycles. The Morgan fingerprint density at radius 2 is 1.68 bits per heavy atom. The Kier molecular flexibility index (Phi) is 6.53. The fourth-order valence-electron chi connectivity index (χ4n) is 2.81. The van der Waals surface area contributed by atoms with Crippen molar-refractivity contribution in [2.24, 2.45) is 0 Å². The minimum atomic E-state index is 0.0296. The number of piperazine rings is 1. The van der Waals surface area contributed by atoms with Gasteiger partial charge in [0.15, 0.2) is 0 Å². The highest BCUT2D eigenvalue weighted by Crippen LogP contribution is 2.15. The van der Waals surface area contributed by atoms with Crippen LogP contribution in [0.5, 0.6) is 5.75 Å². The first-order chi connectivity index (χ1) is 12.1. The van der Waals surface area contributed by atoms with E-state index in [0.29, 0.717) is 18.3 Å². The SMILES string of the molecule is O=c1ccc(Br)cn1CN1CCN(CCOc2ccc(Cl)cc2)CC1. The summed E-state index contributed by atoms with van der Waals surface area (Å²) in [5.41, 5.74) is 0.0296. The van der Waals surface area contributed by atoms with E-state index in [9.17, 15) is 4.79 Å². The Bertz CT molecular complexity index is 743. The van der Waals surface area contributed by atoms with E-state index >= 15 is 0 Å². The standard InChI is InChI=1S/C18H21BrClN3O2/c19-15-1-6-18(24)23(13-15)14-22-9-7-21(8-10-22)11-12-25-17-4-2-16(20)3-5-17/h1-6,13H,7-12,14H2. The number of hydrogen-bond donors (Lipinski definition) is 0. The van der Waals surface area contributed by atoms with Crippen LogP contribution in [-0.4, -0.2) is 53.7 Å². The van der Waals surface area contributed by atoms with Gasteiger partial charge in [0.25, 0.3) is 5.56 Å². The summed E-state index contributed by atoms with van der Waals surface area (Å²) in [4.78, 5) is 16.6. The third kappa shape index (κ3) is 5.57. The lowest BCUT2D eigenvalue weighted by Gasteiger charge is -2.34. The zero-order chi connectivity index (χ0) is 17.6. The Morgan fingerprint density at radius 3 is 2.40 bits per heavy atom. The smallest absolute Gasteiger partial charge is 0.251 e. The van der Waals surface area contributed by atoms with Crippen LogP contribution < -0.4 is 10.3 Å². The number of aromatic nitrogens is 1. The van der Waals surface area contributed by atoms with Gasteiger partial charge >= 0.3 is 0 Å². The molecule has 0 bridgehead atoms. The number of benzene rings is 1. The average molecular weight is 427 g/mol. The second kappa shape index (κ2) is 8.85. The largest absolute Gasteiger partial charge is 0.492 e. The zero-order valence-corrected chi connectivity index (χ0v) is 16.2. The molecule has 2 heterocycles. The number of halogens is 2. The number of ether oxygens (including phenoxy) is 1. The minimum absolute atomic E-state index is 0.0296. The second-order valence-electron chi connectivity index (χ2n) is 6.06. The highest BCUT2D eigenvalue weighted by atomic mass is 79.9. The van der Waals surface area contributed by atoms with Crippen molar-refractivity contribution < 1.29 is 4.74 Å². The highest BCUT2D eigenvalue weighted by Gasteiger charge is 2.17. The van der Waals surface area contributed by atoms with E-state index in [-0.39, 0.29) is 5.56 Å². The molecular weight excluding hydrogens is 406 g/mol. The molecule has 1 aromatic heterocycles. The molecule has 0 spiro atoms. The van der Waals surface area contributed by atoms with E-state index in [0.717, 1.165) is 42.9 Å². The van der Waals surface area contributed by atoms with E-state index in [2.05, 4.69) is 25.7 Å². The summed E-state index contributed by atoms with van der Waals surface area (Å²) in [6.07, 6.45) is 1.84. The lowest BCUT2D eigenvalue weighted by Crippen LogP contribution is -2.48. The van der Waals surface area contributed by atoms with Crippen LogP contribution in [-0.2, 0) is 6.67 Å². The van der Waals surface area contributed by atoms with Crippen LogP contribution in [0.1, 0.15) is 0 Å². The predicted molar refractivity (Wildman–Crippen MR) is 103 cm³/mol. The first kappa shape index (κ1) is 18.5. The summed E-state index contributed by atoms with van der Waals surface area (Å²) in [6, 6.07) is 10.8. The average Bonchev–Trinajstić information content (AvgIpc) is 2.61. The maximum atomic E-state index is 11.9. The summed E-state index contributed by atoms with van der Waals surface area (Å²) in [5, 5.41) is 0.716. The maximum Gasteiger partial charge on any atom is 0.251 e. The normalized spacial score (nSPS) is 16.1. The van der Waals surface area contributed by atoms with Crippen molar-refractivity contribution in [3.05, 3.63) is 62.4 Å². The maximum absolute atomic E-state index is 11.9. The van der Waals surface area contributed by atoms with Gasteiger partial charge in [-0.05, 0) is 46.3 Å². The van der Waals surface area contributed by atoms with Gasteiger partial charge in [0, 0.05) is 54.5 Å². The molecular formula is C18H21BrClN3O2. The van der Waals surface area contributed by atoms with Crippen LogP contribution in [0.25, 0.3) is 0 Å². The van der Waals surface area contributed by atoms with Crippen molar-refractivity contribution in [2.75, 3.05) is 39.3 Å². The Hall–Kier alpha value is -1.34. The van der Waals surface area contributed by atoms with Crippen molar-refractivity contribution in [1.29, 1.82) is 0 Å². The number of hydrogen-bond acceptors (Lipinski definition) is 4. The fourth-order valence-corrected chi connectivity index (χ4v) is 3.31. The van der Waals surface area contributed by atoms with E-state index in [1.54, 1.807) is 16.7 Å². The van der Waals surface area contributed by atoms with Crippen LogP contribution >= 0.6 is 27.5 Å². The van der Waals surface area contributed by atoms with Crippen LogP contribution in [0.3, 0.4) is 0 Å². The Morgan fingerprint density at radius 1 is 1.00 bits per heavy atom. The minimum Gasteiger partial charge on any atom is -0.492 e. The van der Waals surface area contributed by atoms with Crippen molar-refractivity contribution in [3.63, 3.8) is 0 Å². The molecule has 0 unspecified atom stereocenters. The fraction of sp³-hybridized carbons (Fsp3) is 0.389. The molecule has 5 nitrogen and oxygen atoms in total. The first-order valence-electron chi connectivity index (χ1n) is 8.29. The van der Waals surface area contributed by atoms with Crippen LogP contribution in [0, 0.1) is 0 Å². The topological polar surface area (TPSA) is 37.7 Å². The molecule has 0 amide bonds. The van der Waals surface area contributed by atoms with Gasteiger partial charge in [0.2, 0.25) is 0 Å². The van der Waals surface area contributed by atoms with Crippen LogP contribution in [0.4, 0.5) is 0 Å². The van der Waals surface area contributed by atoms with Crippen molar-refractivity contribution >= 4 is 27.5 Å². The molecule has 0 atom stereocenters. The lowest BCUT2D eigenvalue weighted by molar-refractivity contribution is 0.0952. The molecule has 25 heavy (non-hydrogen) atoms. The third-order valence-corrected chi connectivity index (χ3v) is 4.98. The molecule has 7 heteroatoms. The van der Waals surface area contributed by atoms with Crippen molar-refractivity contribution in [3.8, 4) is 5.75 Å². The molecule has 1 aliphatic rings. The van der Waals surface area contributed by atoms with Gasteiger partial charge < -0.3 is 9.30 Å². The van der Waals surface area contributed by atoms with Crippen LogP contribution in [0.2, 0.25) is 5.02 Å². The zero-order valence-electron chi connectivity index (χ0n) is 13.9. The Labute approximate surface area is 160 Å². The number of pyridine rings is 1. The van der Waals surface area contributed by atoms with Gasteiger partial charge in [0.1, 0.15) is 12.4 Å². The summed E-state index contributed by atoms with van der Waals surface area (Å²) in [6.45, 7) is 6.03. The van der Waals surface area contributed by atoms with E-state index in [1.807, 2.05) is 30.5 Å². The molecule has 134 valence electrons. The monoisotopic (exact) mass is 425 g/mol. The van der Waals surface area contributed by atoms with Gasteiger partial charge in [-0.2, -0.15) is 0 Å². The van der Waals surface area contributed by atoms with Crippen LogP contribution in [0.15, 0.2) is 51.9 Å². The lowest BCUT2D eigenvalue weighted by atomic mass is 10.3. The molecule has 1 aliphatic heterocycles. The highest BCUT2D eigenvalue weighted by molar-refractivity contribution is 9.10. The molecule has 1 fully saturated rings. The van der Waals surface area contributed by atoms with Gasteiger partial charge in [-0.25, -0.2) is 0 Å². The summed E-state index contributed by atoms with van der Waals surface area (Å²) < 4.78 is 8.41. The van der Waals surface area contributed by atoms with Gasteiger partial charge in [-0.15, -0.1) is 0 Å². The van der Waals surface area contributed by atoms with Gasteiger partial charge in [-0.3, -0.25) is 14.6 Å². The third-order valence-electron chi connectivity index (χ3n) is 4.25. The number of rotatable bonds is 6.